The lowest BCUT2D eigenvalue weighted by molar-refractivity contribution is -0.870. The molecule has 0 saturated carbocycles. The highest BCUT2D eigenvalue weighted by Crippen LogP contribution is 2.38. The molecule has 0 saturated heterocycles. The highest BCUT2D eigenvalue weighted by atomic mass is 31.2. The lowest BCUT2D eigenvalue weighted by Crippen LogP contribution is -2.37. The smallest absolute Gasteiger partial charge is 0.306 e. The molecule has 0 aliphatic carbocycles. The van der Waals surface area contributed by atoms with Crippen molar-refractivity contribution < 1.29 is 42.1 Å². The van der Waals surface area contributed by atoms with Gasteiger partial charge in [0.1, 0.15) is 19.8 Å². The third kappa shape index (κ3) is 37.7. The summed E-state index contributed by atoms with van der Waals surface area (Å²) in [7, 11) is 1.15. The molecule has 10 heteroatoms. The Hall–Kier alpha value is -2.03. The van der Waals surface area contributed by atoms with Crippen molar-refractivity contribution in [2.45, 2.75) is 161 Å². The van der Waals surface area contributed by atoms with E-state index in [9.17, 15) is 19.0 Å². The molecule has 0 aromatic carbocycles. The normalized spacial score (nSPS) is 14.2. The number of allylic oxidation sites excluding steroid dienone is 8. The van der Waals surface area contributed by atoms with Crippen LogP contribution in [0.3, 0.4) is 0 Å². The molecule has 0 aliphatic heterocycles. The van der Waals surface area contributed by atoms with Crippen LogP contribution in [0, 0.1) is 0 Å². The summed E-state index contributed by atoms with van der Waals surface area (Å²) < 4.78 is 33.8. The van der Waals surface area contributed by atoms with Gasteiger partial charge in [-0.15, -0.1) is 0 Å². The van der Waals surface area contributed by atoms with E-state index >= 15 is 0 Å². The van der Waals surface area contributed by atoms with Crippen LogP contribution in [0.5, 0.6) is 0 Å². The second-order valence-corrected chi connectivity index (χ2v) is 16.1. The maximum atomic E-state index is 12.6. The van der Waals surface area contributed by atoms with Gasteiger partial charge in [0.2, 0.25) is 0 Å². The van der Waals surface area contributed by atoms with Crippen LogP contribution in [0.4, 0.5) is 0 Å². The number of unbranched alkanes of at least 4 members (excludes halogenated alkanes) is 17. The number of likely N-dealkylation sites (N-methyl/N-ethyl adjacent to an activating group) is 1. The molecule has 0 aromatic heterocycles. The predicted octanol–water partition coefficient (Wildman–Crippen LogP) is 10.5. The van der Waals surface area contributed by atoms with Gasteiger partial charge in [0, 0.05) is 12.8 Å². The molecule has 0 radical (unpaired) electrons. The van der Waals surface area contributed by atoms with Crippen molar-refractivity contribution in [1.29, 1.82) is 0 Å². The third-order valence-electron chi connectivity index (χ3n) is 8.46. The maximum Gasteiger partial charge on any atom is 0.306 e. The van der Waals surface area contributed by atoms with Crippen LogP contribution in [0.15, 0.2) is 48.6 Å². The molecule has 2 atom stereocenters. The maximum absolute atomic E-state index is 12.6. The number of phosphoric ester groups is 1. The zero-order valence-corrected chi connectivity index (χ0v) is 34.6. The molecule has 0 N–H and O–H groups in total. The number of quaternary nitrogens is 1. The minimum absolute atomic E-state index is 0.0357. The van der Waals surface area contributed by atoms with E-state index < -0.39 is 32.5 Å². The standard InChI is InChI=1S/C42H76NO8P/c1-6-8-10-12-14-16-18-20-21-23-24-26-28-30-32-34-41(44)48-38-40(39-50-52(46,47)49-37-36-43(3,4)5)51-42(45)35-33-31-29-27-25-22-19-17-15-13-11-9-7-2/h8,10,12,14,16,18,20-21,40H,6-7,9,11,13,15,17,19,22-39H2,1-5H3/b10-8-,14-12+,18-16+,21-20-/t40-/m1/s1. The molecule has 52 heavy (non-hydrogen) atoms. The van der Waals surface area contributed by atoms with Crippen molar-refractivity contribution in [2.24, 2.45) is 0 Å². The van der Waals surface area contributed by atoms with Crippen molar-refractivity contribution >= 4 is 19.8 Å². The fraction of sp³-hybridized carbons (Fsp3) is 0.762. The summed E-state index contributed by atoms with van der Waals surface area (Å²) in [6.45, 7) is 4.04. The van der Waals surface area contributed by atoms with Crippen molar-refractivity contribution in [2.75, 3.05) is 47.5 Å². The number of rotatable bonds is 36. The quantitative estimate of drug-likeness (QED) is 0.0204. The van der Waals surface area contributed by atoms with Gasteiger partial charge < -0.3 is 27.9 Å². The second-order valence-electron chi connectivity index (χ2n) is 14.7. The summed E-state index contributed by atoms with van der Waals surface area (Å²) >= 11 is 0. The van der Waals surface area contributed by atoms with E-state index in [2.05, 4.69) is 32.1 Å². The van der Waals surface area contributed by atoms with Gasteiger partial charge in [-0.1, -0.05) is 159 Å². The first-order chi connectivity index (χ1) is 25.0. The highest BCUT2D eigenvalue weighted by molar-refractivity contribution is 7.45. The zero-order valence-electron chi connectivity index (χ0n) is 33.7. The molecule has 9 nitrogen and oxygen atoms in total. The summed E-state index contributed by atoms with van der Waals surface area (Å²) in [6, 6.07) is 0. The first-order valence-electron chi connectivity index (χ1n) is 20.4. The topological polar surface area (TPSA) is 111 Å². The summed E-state index contributed by atoms with van der Waals surface area (Å²) in [5.74, 6) is -0.863. The molecule has 0 spiro atoms. The van der Waals surface area contributed by atoms with E-state index in [4.69, 9.17) is 18.5 Å². The van der Waals surface area contributed by atoms with E-state index in [1.807, 2.05) is 51.5 Å². The second kappa shape index (κ2) is 34.7. The van der Waals surface area contributed by atoms with Gasteiger partial charge in [0.05, 0.1) is 27.7 Å². The van der Waals surface area contributed by atoms with E-state index in [0.717, 1.165) is 57.8 Å². The number of ether oxygens (including phenoxy) is 2. The molecule has 0 bridgehead atoms. The van der Waals surface area contributed by atoms with E-state index in [-0.39, 0.29) is 26.1 Å². The van der Waals surface area contributed by atoms with Crippen molar-refractivity contribution in [1.82, 2.24) is 0 Å². The van der Waals surface area contributed by atoms with E-state index in [1.54, 1.807) is 0 Å². The number of nitrogens with zero attached hydrogens (tertiary/aromatic N) is 1. The fourth-order valence-electron chi connectivity index (χ4n) is 5.25. The zero-order chi connectivity index (χ0) is 38.6. The lowest BCUT2D eigenvalue weighted by atomic mass is 10.0. The Kier molecular flexibility index (Phi) is 33.4. The summed E-state index contributed by atoms with van der Waals surface area (Å²) in [6.07, 6.45) is 38.5. The van der Waals surface area contributed by atoms with Gasteiger partial charge >= 0.3 is 11.9 Å². The van der Waals surface area contributed by atoms with Crippen molar-refractivity contribution in [3.8, 4) is 0 Å². The van der Waals surface area contributed by atoms with Crippen LogP contribution in [0.25, 0.3) is 0 Å². The van der Waals surface area contributed by atoms with Gasteiger partial charge in [-0.3, -0.25) is 14.2 Å². The molecule has 0 rings (SSSR count). The van der Waals surface area contributed by atoms with Crippen LogP contribution in [-0.2, 0) is 32.7 Å². The predicted molar refractivity (Wildman–Crippen MR) is 213 cm³/mol. The summed E-state index contributed by atoms with van der Waals surface area (Å²) in [4.78, 5) is 37.4. The SMILES string of the molecule is CC\C=C/C=C/C=C/C=C\CCCCCCCC(=O)OC[C@H](COP(=O)([O-])OCC[N+](C)(C)C)OC(=O)CCCCCCCCCCCCCCC. The number of hydrogen-bond donors (Lipinski definition) is 0. The highest BCUT2D eigenvalue weighted by Gasteiger charge is 2.21. The van der Waals surface area contributed by atoms with E-state index in [1.165, 1.54) is 57.8 Å². The molecule has 0 heterocycles. The molecule has 0 aliphatic rings. The molecule has 0 amide bonds. The van der Waals surface area contributed by atoms with Crippen LogP contribution in [-0.4, -0.2) is 70.0 Å². The van der Waals surface area contributed by atoms with Gasteiger partial charge in [0.15, 0.2) is 6.10 Å². The van der Waals surface area contributed by atoms with Gasteiger partial charge in [-0.2, -0.15) is 0 Å². The van der Waals surface area contributed by atoms with Crippen LogP contribution in [0.1, 0.15) is 155 Å². The monoisotopic (exact) mass is 754 g/mol. The largest absolute Gasteiger partial charge is 0.756 e. The molecule has 0 aromatic rings. The van der Waals surface area contributed by atoms with Crippen LogP contribution >= 0.6 is 7.82 Å². The lowest BCUT2D eigenvalue weighted by Gasteiger charge is -2.28. The number of carbonyl (C=O) groups excluding carboxylic acids is 2. The van der Waals surface area contributed by atoms with Crippen LogP contribution < -0.4 is 4.89 Å². The van der Waals surface area contributed by atoms with Gasteiger partial charge in [-0.25, -0.2) is 0 Å². The molecule has 1 unspecified atom stereocenters. The van der Waals surface area contributed by atoms with Crippen LogP contribution in [0.2, 0.25) is 0 Å². The molecule has 302 valence electrons. The third-order valence-corrected chi connectivity index (χ3v) is 9.42. The number of hydrogen-bond acceptors (Lipinski definition) is 8. The van der Waals surface area contributed by atoms with Crippen molar-refractivity contribution in [3.63, 3.8) is 0 Å². The first kappa shape index (κ1) is 50.0. The summed E-state index contributed by atoms with van der Waals surface area (Å²) in [5.41, 5.74) is 0. The number of carbonyl (C=O) groups is 2. The number of esters is 2. The average Bonchev–Trinajstić information content (AvgIpc) is 3.09. The Morgan fingerprint density at radius 2 is 1.10 bits per heavy atom. The Labute approximate surface area is 318 Å². The van der Waals surface area contributed by atoms with Crippen molar-refractivity contribution in [3.05, 3.63) is 48.6 Å². The minimum atomic E-state index is -4.62. The first-order valence-corrected chi connectivity index (χ1v) is 21.9. The molecule has 0 fully saturated rings. The van der Waals surface area contributed by atoms with E-state index in [0.29, 0.717) is 23.9 Å². The Morgan fingerprint density at radius 3 is 1.63 bits per heavy atom. The Morgan fingerprint density at radius 1 is 0.615 bits per heavy atom. The van der Waals surface area contributed by atoms with Gasteiger partial charge in [-0.05, 0) is 32.1 Å². The number of phosphoric acid groups is 1. The summed E-state index contributed by atoms with van der Waals surface area (Å²) in [5, 5.41) is 0. The molecular formula is C42H76NO8P. The van der Waals surface area contributed by atoms with Gasteiger partial charge in [0.25, 0.3) is 7.82 Å². The Bertz CT molecular complexity index is 1030. The fourth-order valence-corrected chi connectivity index (χ4v) is 5.98. The molecular weight excluding hydrogens is 677 g/mol. The Balaban J connectivity index is 4.44. The average molecular weight is 754 g/mol. The minimum Gasteiger partial charge on any atom is -0.756 e.